The Hall–Kier alpha value is -2.51. The van der Waals surface area contributed by atoms with Crippen molar-refractivity contribution in [2.24, 2.45) is 0 Å². The minimum atomic E-state index is 0.0923. The number of carbonyl (C=O) groups excluding carboxylic acids is 1. The van der Waals surface area contributed by atoms with Gasteiger partial charge in [-0.3, -0.25) is 4.79 Å². The number of aryl methyl sites for hydroxylation is 1. The average Bonchev–Trinajstić information content (AvgIpc) is 3.46. The van der Waals surface area contributed by atoms with Crippen LogP contribution in [0.15, 0.2) is 47.0 Å². The van der Waals surface area contributed by atoms with Gasteiger partial charge in [-0.15, -0.1) is 11.3 Å². The summed E-state index contributed by atoms with van der Waals surface area (Å²) in [7, 11) is 0. The summed E-state index contributed by atoms with van der Waals surface area (Å²) in [6, 6.07) is 13.9. The van der Waals surface area contributed by atoms with Gasteiger partial charge in [0.2, 0.25) is 5.89 Å². The quantitative estimate of drug-likeness (QED) is 0.567. The summed E-state index contributed by atoms with van der Waals surface area (Å²) >= 11 is 1.54. The van der Waals surface area contributed by atoms with Gasteiger partial charge in [-0.2, -0.15) is 4.98 Å². The molecule has 1 aliphatic heterocycles. The zero-order valence-electron chi connectivity index (χ0n) is 15.8. The van der Waals surface area contributed by atoms with Crippen molar-refractivity contribution < 1.29 is 14.1 Å². The van der Waals surface area contributed by atoms with Crippen molar-refractivity contribution in [3.63, 3.8) is 0 Å². The fraction of sp³-hybridized carbons (Fsp3) is 0.381. The number of amides is 1. The lowest BCUT2D eigenvalue weighted by molar-refractivity contribution is 0.0794. The second-order valence-corrected chi connectivity index (χ2v) is 8.27. The number of aromatic nitrogens is 2. The molecule has 1 amide bonds. The predicted octanol–water partition coefficient (Wildman–Crippen LogP) is 3.83. The van der Waals surface area contributed by atoms with E-state index in [1.165, 1.54) is 11.3 Å². The molecule has 3 heterocycles. The van der Waals surface area contributed by atoms with Gasteiger partial charge >= 0.3 is 0 Å². The molecule has 1 unspecified atom stereocenters. The molecule has 0 radical (unpaired) electrons. The van der Waals surface area contributed by atoms with E-state index in [1.54, 1.807) is 0 Å². The molecule has 6 nitrogen and oxygen atoms in total. The number of ether oxygens (including phenoxy) is 1. The van der Waals surface area contributed by atoms with Gasteiger partial charge in [-0.05, 0) is 31.0 Å². The summed E-state index contributed by atoms with van der Waals surface area (Å²) in [6.07, 6.45) is 1.46. The number of carbonyl (C=O) groups is 1. The van der Waals surface area contributed by atoms with Crippen LogP contribution in [0.3, 0.4) is 0 Å². The Labute approximate surface area is 168 Å². The summed E-state index contributed by atoms with van der Waals surface area (Å²) in [5, 5.41) is 4.07. The minimum Gasteiger partial charge on any atom is -0.376 e. The molecule has 7 heteroatoms. The Morgan fingerprint density at radius 1 is 1.29 bits per heavy atom. The van der Waals surface area contributed by atoms with Crippen LogP contribution >= 0.6 is 11.3 Å². The molecule has 0 aliphatic carbocycles. The zero-order valence-corrected chi connectivity index (χ0v) is 16.7. The van der Waals surface area contributed by atoms with E-state index in [1.807, 2.05) is 54.3 Å². The van der Waals surface area contributed by atoms with Gasteiger partial charge in [0.05, 0.1) is 24.0 Å². The highest BCUT2D eigenvalue weighted by molar-refractivity contribution is 7.13. The Balaban J connectivity index is 1.26. The van der Waals surface area contributed by atoms with E-state index in [4.69, 9.17) is 9.26 Å². The van der Waals surface area contributed by atoms with E-state index < -0.39 is 0 Å². The summed E-state index contributed by atoms with van der Waals surface area (Å²) in [5.41, 5.74) is 1.15. The topological polar surface area (TPSA) is 68.5 Å². The van der Waals surface area contributed by atoms with E-state index in [9.17, 15) is 4.79 Å². The summed E-state index contributed by atoms with van der Waals surface area (Å²) in [5.74, 6) is 1.48. The van der Waals surface area contributed by atoms with Crippen LogP contribution in [-0.2, 0) is 17.8 Å². The van der Waals surface area contributed by atoms with Crippen LogP contribution in [0.25, 0.3) is 0 Å². The average molecular weight is 398 g/mol. The largest absolute Gasteiger partial charge is 0.376 e. The Bertz CT molecular complexity index is 922. The number of benzene rings is 1. The first kappa shape index (κ1) is 18.8. The van der Waals surface area contributed by atoms with Crippen LogP contribution in [0.5, 0.6) is 0 Å². The summed E-state index contributed by atoms with van der Waals surface area (Å²) in [4.78, 5) is 20.9. The zero-order chi connectivity index (χ0) is 19.3. The van der Waals surface area contributed by atoms with E-state index in [0.29, 0.717) is 37.9 Å². The molecule has 0 N–H and O–H groups in total. The second kappa shape index (κ2) is 8.67. The maximum Gasteiger partial charge on any atom is 0.263 e. The number of rotatable bonds is 7. The molecular formula is C21H23N3O3S. The molecule has 1 fully saturated rings. The molecule has 0 saturated carbocycles. The highest BCUT2D eigenvalue weighted by Gasteiger charge is 2.31. The number of nitrogens with zero attached hydrogens (tertiary/aromatic N) is 3. The standard InChI is InChI=1S/C21H23N3O3S/c1-15-7-8-18(28-15)21(25)24-11-9-17(13-24)20-22-19(23-27-20)10-12-26-14-16-5-3-2-4-6-16/h2-8,17H,9-14H2,1H3. The smallest absolute Gasteiger partial charge is 0.263 e. The lowest BCUT2D eigenvalue weighted by Crippen LogP contribution is -2.27. The van der Waals surface area contributed by atoms with Crippen molar-refractivity contribution in [1.82, 2.24) is 15.0 Å². The molecule has 3 aromatic rings. The van der Waals surface area contributed by atoms with E-state index in [2.05, 4.69) is 10.1 Å². The number of hydrogen-bond acceptors (Lipinski definition) is 6. The van der Waals surface area contributed by atoms with Gasteiger partial charge in [-0.25, -0.2) is 0 Å². The summed E-state index contributed by atoms with van der Waals surface area (Å²) in [6.45, 7) is 4.48. The molecule has 0 bridgehead atoms. The Morgan fingerprint density at radius 2 is 2.14 bits per heavy atom. The summed E-state index contributed by atoms with van der Waals surface area (Å²) < 4.78 is 11.1. The first-order chi connectivity index (χ1) is 13.7. The SMILES string of the molecule is Cc1ccc(C(=O)N2CCC(c3nc(CCOCc4ccccc4)no3)C2)s1. The van der Waals surface area contributed by atoms with Crippen molar-refractivity contribution in [3.8, 4) is 0 Å². The molecule has 1 aromatic carbocycles. The van der Waals surface area contributed by atoms with Gasteiger partial charge in [0.15, 0.2) is 5.82 Å². The molecule has 146 valence electrons. The predicted molar refractivity (Wildman–Crippen MR) is 106 cm³/mol. The lowest BCUT2D eigenvalue weighted by atomic mass is 10.1. The van der Waals surface area contributed by atoms with Gasteiger partial charge in [0.1, 0.15) is 0 Å². The number of hydrogen-bond donors (Lipinski definition) is 0. The molecule has 2 aromatic heterocycles. The van der Waals surface area contributed by atoms with Crippen molar-refractivity contribution in [2.75, 3.05) is 19.7 Å². The molecule has 1 atom stereocenters. The highest BCUT2D eigenvalue weighted by Crippen LogP contribution is 2.28. The van der Waals surface area contributed by atoms with E-state index >= 15 is 0 Å². The molecule has 1 aliphatic rings. The molecular weight excluding hydrogens is 374 g/mol. The maximum absolute atomic E-state index is 12.6. The molecule has 28 heavy (non-hydrogen) atoms. The van der Waals surface area contributed by atoms with Gasteiger partial charge in [0, 0.05) is 24.4 Å². The maximum atomic E-state index is 12.6. The Kier molecular flexibility index (Phi) is 5.83. The molecule has 0 spiro atoms. The molecule has 4 rings (SSSR count). The lowest BCUT2D eigenvalue weighted by Gasteiger charge is -2.14. The van der Waals surface area contributed by atoms with Crippen LogP contribution in [-0.4, -0.2) is 40.6 Å². The van der Waals surface area contributed by atoms with Gasteiger partial charge in [0.25, 0.3) is 5.91 Å². The van der Waals surface area contributed by atoms with Gasteiger partial charge < -0.3 is 14.2 Å². The van der Waals surface area contributed by atoms with Crippen molar-refractivity contribution >= 4 is 17.2 Å². The van der Waals surface area contributed by atoms with Crippen LogP contribution in [0.2, 0.25) is 0 Å². The van der Waals surface area contributed by atoms with E-state index in [0.717, 1.165) is 28.3 Å². The third kappa shape index (κ3) is 4.48. The van der Waals surface area contributed by atoms with E-state index in [-0.39, 0.29) is 11.8 Å². The second-order valence-electron chi connectivity index (χ2n) is 6.98. The first-order valence-electron chi connectivity index (χ1n) is 9.49. The van der Waals surface area contributed by atoms with Gasteiger partial charge in [-0.1, -0.05) is 35.5 Å². The van der Waals surface area contributed by atoms with Crippen LogP contribution in [0.4, 0.5) is 0 Å². The highest BCUT2D eigenvalue weighted by atomic mass is 32.1. The van der Waals surface area contributed by atoms with Crippen LogP contribution in [0, 0.1) is 6.92 Å². The minimum absolute atomic E-state index is 0.0923. The molecule has 1 saturated heterocycles. The fourth-order valence-electron chi connectivity index (χ4n) is 3.31. The number of likely N-dealkylation sites (tertiary alicyclic amines) is 1. The number of thiophene rings is 1. The van der Waals surface area contributed by atoms with Crippen molar-refractivity contribution in [2.45, 2.75) is 32.3 Å². The third-order valence-electron chi connectivity index (χ3n) is 4.84. The van der Waals surface area contributed by atoms with Crippen LogP contribution in [0.1, 0.15) is 44.2 Å². The van der Waals surface area contributed by atoms with Crippen LogP contribution < -0.4 is 0 Å². The Morgan fingerprint density at radius 3 is 2.93 bits per heavy atom. The van der Waals surface area contributed by atoms with Crippen molar-refractivity contribution in [3.05, 3.63) is 69.5 Å². The first-order valence-corrected chi connectivity index (χ1v) is 10.3. The fourth-order valence-corrected chi connectivity index (χ4v) is 4.15. The normalized spacial score (nSPS) is 16.6. The van der Waals surface area contributed by atoms with Crippen molar-refractivity contribution in [1.29, 1.82) is 0 Å². The monoisotopic (exact) mass is 397 g/mol. The third-order valence-corrected chi connectivity index (χ3v) is 5.83.